The van der Waals surface area contributed by atoms with E-state index >= 15 is 0 Å². The van der Waals surface area contributed by atoms with Crippen LogP contribution >= 0.6 is 0 Å². The van der Waals surface area contributed by atoms with Gasteiger partial charge in [-0.2, -0.15) is 61.5 Å². The zero-order valence-electron chi connectivity index (χ0n) is 13.3. The first kappa shape index (κ1) is 27.2. The lowest BCUT2D eigenvalue weighted by atomic mass is 10.1. The normalized spacial score (nSPS) is 14.7. The van der Waals surface area contributed by atoms with Gasteiger partial charge in [0.15, 0.2) is 0 Å². The second-order valence-electron chi connectivity index (χ2n) is 5.40. The van der Waals surface area contributed by atoms with Gasteiger partial charge in [-0.3, -0.25) is 9.59 Å². The first-order valence-electron chi connectivity index (χ1n) is 6.88. The molecule has 0 fully saturated rings. The Labute approximate surface area is 151 Å². The Morgan fingerprint density at radius 2 is 0.759 bits per heavy atom. The van der Waals surface area contributed by atoms with Crippen molar-refractivity contribution in [1.82, 2.24) is 0 Å². The number of hydrogen-bond donors (Lipinski definition) is 0. The van der Waals surface area contributed by atoms with Crippen molar-refractivity contribution < 1.29 is 75.8 Å². The van der Waals surface area contributed by atoms with E-state index in [9.17, 15) is 71.1 Å². The summed E-state index contributed by atoms with van der Waals surface area (Å²) < 4.78 is 176. The third-order valence-corrected chi connectivity index (χ3v) is 3.14. The van der Waals surface area contributed by atoms with Crippen LogP contribution in [0, 0.1) is 0 Å². The number of halogens is 14. The lowest BCUT2D eigenvalue weighted by Gasteiger charge is -2.28. The van der Waals surface area contributed by atoms with Gasteiger partial charge in [0.25, 0.3) is 0 Å². The molecule has 0 aliphatic rings. The molecular formula is C12H8F14O3. The highest BCUT2D eigenvalue weighted by molar-refractivity contribution is 5.85. The molecule has 0 unspecified atom stereocenters. The molecule has 0 amide bonds. The Balaban J connectivity index is 4.81. The van der Waals surface area contributed by atoms with E-state index in [1.54, 1.807) is 0 Å². The van der Waals surface area contributed by atoms with Crippen LogP contribution in [0.15, 0.2) is 0 Å². The Bertz CT molecular complexity index is 552. The number of hydrogen-bond acceptors (Lipinski definition) is 3. The third-order valence-electron chi connectivity index (χ3n) is 3.14. The van der Waals surface area contributed by atoms with Crippen LogP contribution in [-0.4, -0.2) is 48.0 Å². The molecular weight excluding hydrogens is 458 g/mol. The molecule has 0 radical (unpaired) electrons. The smallest absolute Gasteiger partial charge is 0.393 e. The summed E-state index contributed by atoms with van der Waals surface area (Å²) in [5.41, 5.74) is 0. The summed E-state index contributed by atoms with van der Waals surface area (Å²) in [6, 6.07) is 0. The van der Waals surface area contributed by atoms with Gasteiger partial charge in [0.1, 0.15) is 0 Å². The highest BCUT2D eigenvalue weighted by atomic mass is 19.4. The van der Waals surface area contributed by atoms with Crippen LogP contribution in [0.5, 0.6) is 0 Å². The Morgan fingerprint density at radius 3 is 0.966 bits per heavy atom. The van der Waals surface area contributed by atoms with Crippen molar-refractivity contribution in [3.63, 3.8) is 0 Å². The van der Waals surface area contributed by atoms with E-state index in [-0.39, 0.29) is 0 Å². The van der Waals surface area contributed by atoms with E-state index in [0.29, 0.717) is 0 Å². The molecule has 0 rings (SSSR count). The second kappa shape index (κ2) is 8.12. The van der Waals surface area contributed by atoms with Gasteiger partial charge in [-0.1, -0.05) is 0 Å². The zero-order valence-corrected chi connectivity index (χ0v) is 13.3. The quantitative estimate of drug-likeness (QED) is 0.278. The van der Waals surface area contributed by atoms with Gasteiger partial charge in [-0.25, -0.2) is 0 Å². The van der Waals surface area contributed by atoms with E-state index in [1.165, 1.54) is 0 Å². The summed E-state index contributed by atoms with van der Waals surface area (Å²) in [4.78, 5) is 21.9. The van der Waals surface area contributed by atoms with Gasteiger partial charge >= 0.3 is 48.0 Å². The minimum Gasteiger partial charge on any atom is -0.393 e. The topological polar surface area (TPSA) is 43.4 Å². The molecule has 0 N–H and O–H groups in total. The largest absolute Gasteiger partial charge is 0.459 e. The minimum atomic E-state index is -6.72. The van der Waals surface area contributed by atoms with E-state index in [1.807, 2.05) is 0 Å². The second-order valence-corrected chi connectivity index (χ2v) is 5.40. The fraction of sp³-hybridized carbons (Fsp3) is 0.833. The van der Waals surface area contributed by atoms with Crippen LogP contribution in [0.2, 0.25) is 0 Å². The number of carbonyl (C=O) groups excluding carboxylic acids is 2. The fourth-order valence-corrected chi connectivity index (χ4v) is 1.48. The third kappa shape index (κ3) is 6.07. The molecule has 0 spiro atoms. The molecule has 0 aliphatic heterocycles. The van der Waals surface area contributed by atoms with Crippen molar-refractivity contribution in [3.8, 4) is 0 Å². The summed E-state index contributed by atoms with van der Waals surface area (Å²) in [5.74, 6) is -29.4. The van der Waals surface area contributed by atoms with Gasteiger partial charge in [-0.15, -0.1) is 0 Å². The maximum absolute atomic E-state index is 12.9. The lowest BCUT2D eigenvalue weighted by molar-refractivity contribution is -0.355. The van der Waals surface area contributed by atoms with E-state index < -0.39 is 73.7 Å². The molecule has 17 heteroatoms. The number of rotatable bonds is 8. The Hall–Kier alpha value is -1.84. The molecule has 0 saturated carbocycles. The van der Waals surface area contributed by atoms with Gasteiger partial charge < -0.3 is 4.74 Å². The predicted molar refractivity (Wildman–Crippen MR) is 61.5 cm³/mol. The van der Waals surface area contributed by atoms with E-state index in [4.69, 9.17) is 0 Å². The number of ether oxygens (including phenoxy) is 1. The molecule has 3 nitrogen and oxygen atoms in total. The average molecular weight is 466 g/mol. The van der Waals surface area contributed by atoms with Crippen molar-refractivity contribution in [2.75, 3.05) is 0 Å². The van der Waals surface area contributed by atoms with Crippen LogP contribution < -0.4 is 0 Å². The van der Waals surface area contributed by atoms with E-state index in [0.717, 1.165) is 0 Å². The first-order valence-corrected chi connectivity index (χ1v) is 6.88. The molecule has 0 heterocycles. The monoisotopic (exact) mass is 466 g/mol. The average Bonchev–Trinajstić information content (AvgIpc) is 2.48. The highest BCUT2D eigenvalue weighted by Crippen LogP contribution is 2.49. The SMILES string of the molecule is O=C(CCC(F)(F)C(F)(F)C(F)(F)F)OC(=O)CCC(F)(F)C(F)(F)C(F)(F)F. The zero-order chi connectivity index (χ0) is 23.7. The van der Waals surface area contributed by atoms with Crippen LogP contribution in [0.25, 0.3) is 0 Å². The van der Waals surface area contributed by atoms with Crippen molar-refractivity contribution in [3.05, 3.63) is 0 Å². The van der Waals surface area contributed by atoms with Crippen molar-refractivity contribution in [1.29, 1.82) is 0 Å². The number of esters is 2. The van der Waals surface area contributed by atoms with Gasteiger partial charge in [0.05, 0.1) is 12.8 Å². The summed E-state index contributed by atoms with van der Waals surface area (Å²) in [5, 5.41) is 0. The molecule has 172 valence electrons. The van der Waals surface area contributed by atoms with Gasteiger partial charge in [-0.05, 0) is 0 Å². The maximum Gasteiger partial charge on any atom is 0.459 e. The summed E-state index contributed by atoms with van der Waals surface area (Å²) in [6.07, 6.45) is -22.4. The van der Waals surface area contributed by atoms with Crippen molar-refractivity contribution in [2.24, 2.45) is 0 Å². The number of carbonyl (C=O) groups is 2. The van der Waals surface area contributed by atoms with Gasteiger partial charge in [0.2, 0.25) is 0 Å². The summed E-state index contributed by atoms with van der Waals surface area (Å²) in [6.45, 7) is 0. The van der Waals surface area contributed by atoms with E-state index in [2.05, 4.69) is 4.74 Å². The fourth-order valence-electron chi connectivity index (χ4n) is 1.48. The lowest BCUT2D eigenvalue weighted by Crippen LogP contribution is -2.52. The van der Waals surface area contributed by atoms with Crippen molar-refractivity contribution >= 4 is 11.9 Å². The molecule has 0 atom stereocenters. The predicted octanol–water partition coefficient (Wildman–Crippen LogP) is 5.28. The molecule has 0 saturated heterocycles. The Morgan fingerprint density at radius 1 is 0.517 bits per heavy atom. The molecule has 0 aromatic heterocycles. The molecule has 0 aromatic carbocycles. The molecule has 0 aromatic rings. The van der Waals surface area contributed by atoms with Crippen molar-refractivity contribution in [2.45, 2.75) is 61.7 Å². The van der Waals surface area contributed by atoms with Crippen LogP contribution in [0.4, 0.5) is 61.5 Å². The van der Waals surface area contributed by atoms with Crippen LogP contribution in [0.3, 0.4) is 0 Å². The van der Waals surface area contributed by atoms with Crippen LogP contribution in [0.1, 0.15) is 25.7 Å². The Kier molecular flexibility index (Phi) is 7.60. The molecule has 0 aliphatic carbocycles. The minimum absolute atomic E-state index is 1.97. The highest BCUT2D eigenvalue weighted by Gasteiger charge is 2.73. The van der Waals surface area contributed by atoms with Crippen LogP contribution in [-0.2, 0) is 14.3 Å². The summed E-state index contributed by atoms with van der Waals surface area (Å²) >= 11 is 0. The maximum atomic E-state index is 12.9. The first-order chi connectivity index (χ1) is 12.5. The standard InChI is InChI=1S/C12H8F14O3/c13-7(14,9(17,18)11(21,22)23)3-1-5(27)29-6(28)2-4-8(15,16)10(19,20)12(24,25)26/h1-4H2. The molecule has 29 heavy (non-hydrogen) atoms. The van der Waals surface area contributed by atoms with Gasteiger partial charge in [0, 0.05) is 12.8 Å². The number of alkyl halides is 14. The summed E-state index contributed by atoms with van der Waals surface area (Å²) in [7, 11) is 0. The molecule has 0 bridgehead atoms.